The molecule has 9 nitrogen and oxygen atoms in total. The van der Waals surface area contributed by atoms with Crippen LogP contribution in [0.15, 0.2) is 91.0 Å². The van der Waals surface area contributed by atoms with Gasteiger partial charge in [0.1, 0.15) is 12.7 Å². The highest BCUT2D eigenvalue weighted by Gasteiger charge is 2.52. The second-order valence-corrected chi connectivity index (χ2v) is 8.09. The van der Waals surface area contributed by atoms with Gasteiger partial charge in [0.2, 0.25) is 12.4 Å². The van der Waals surface area contributed by atoms with E-state index in [4.69, 9.17) is 23.7 Å². The number of carbonyl (C=O) groups is 4. The number of hydrogen-bond acceptors (Lipinski definition) is 9. The zero-order valence-electron chi connectivity index (χ0n) is 19.9. The highest BCUT2D eigenvalue weighted by Crippen LogP contribution is 2.30. The van der Waals surface area contributed by atoms with Crippen LogP contribution in [0.5, 0.6) is 0 Å². The zero-order chi connectivity index (χ0) is 26.2. The average molecular weight is 504 g/mol. The van der Waals surface area contributed by atoms with Crippen LogP contribution in [-0.2, 0) is 28.5 Å². The van der Waals surface area contributed by atoms with Crippen molar-refractivity contribution in [1.82, 2.24) is 0 Å². The van der Waals surface area contributed by atoms with E-state index in [0.29, 0.717) is 5.56 Å². The van der Waals surface area contributed by atoms with E-state index in [1.54, 1.807) is 91.0 Å². The fourth-order valence-corrected chi connectivity index (χ4v) is 3.70. The summed E-state index contributed by atoms with van der Waals surface area (Å²) in [5.41, 5.74) is 0.782. The Balaban J connectivity index is 1.58. The van der Waals surface area contributed by atoms with E-state index < -0.39 is 48.5 Å². The lowest BCUT2D eigenvalue weighted by molar-refractivity contribution is -0.187. The van der Waals surface area contributed by atoms with Crippen LogP contribution in [-0.4, -0.2) is 55.1 Å². The molecule has 1 aliphatic heterocycles. The van der Waals surface area contributed by atoms with Crippen LogP contribution in [0.2, 0.25) is 0 Å². The van der Waals surface area contributed by atoms with Gasteiger partial charge in [0.05, 0.1) is 16.7 Å². The van der Waals surface area contributed by atoms with E-state index in [0.717, 1.165) is 6.92 Å². The van der Waals surface area contributed by atoms with Gasteiger partial charge in [0.25, 0.3) is 0 Å². The summed E-state index contributed by atoms with van der Waals surface area (Å²) in [6.45, 7) is 0.796. The third kappa shape index (κ3) is 6.59. The number of ether oxygens (including phenoxy) is 5. The average Bonchev–Trinajstić information content (AvgIpc) is 3.23. The predicted octanol–water partition coefficient (Wildman–Crippen LogP) is 3.58. The molecule has 190 valence electrons. The number of benzene rings is 3. The molecule has 1 saturated heterocycles. The van der Waals surface area contributed by atoms with Crippen molar-refractivity contribution in [2.24, 2.45) is 0 Å². The van der Waals surface area contributed by atoms with Crippen LogP contribution >= 0.6 is 0 Å². The molecule has 0 bridgehead atoms. The Bertz CT molecular complexity index is 1230. The van der Waals surface area contributed by atoms with Gasteiger partial charge < -0.3 is 23.7 Å². The van der Waals surface area contributed by atoms with E-state index in [-0.39, 0.29) is 17.7 Å². The highest BCUT2D eigenvalue weighted by atomic mass is 16.8. The molecule has 4 rings (SSSR count). The van der Waals surface area contributed by atoms with Gasteiger partial charge in [-0.25, -0.2) is 14.4 Å². The van der Waals surface area contributed by atoms with E-state index in [9.17, 15) is 19.2 Å². The van der Waals surface area contributed by atoms with Crippen molar-refractivity contribution < 1.29 is 42.9 Å². The lowest BCUT2D eigenvalue weighted by atomic mass is 10.1. The van der Waals surface area contributed by atoms with E-state index in [2.05, 4.69) is 0 Å². The maximum absolute atomic E-state index is 12.9. The van der Waals surface area contributed by atoms with E-state index >= 15 is 0 Å². The van der Waals surface area contributed by atoms with E-state index in [1.807, 2.05) is 0 Å². The molecule has 0 radical (unpaired) electrons. The normalized spacial score (nSPS) is 20.5. The van der Waals surface area contributed by atoms with E-state index in [1.165, 1.54) is 0 Å². The summed E-state index contributed by atoms with van der Waals surface area (Å²) in [7, 11) is 0. The summed E-state index contributed by atoms with van der Waals surface area (Å²) in [5.74, 6) is -2.81. The fraction of sp³-hybridized carbons (Fsp3) is 0.214. The monoisotopic (exact) mass is 504 g/mol. The van der Waals surface area contributed by atoms with Gasteiger partial charge in [-0.1, -0.05) is 54.6 Å². The molecule has 9 heteroatoms. The molecule has 0 N–H and O–H groups in total. The van der Waals surface area contributed by atoms with Crippen molar-refractivity contribution in [2.45, 2.75) is 31.5 Å². The van der Waals surface area contributed by atoms with Crippen LogP contribution in [0.3, 0.4) is 0 Å². The first-order chi connectivity index (χ1) is 17.9. The first-order valence-electron chi connectivity index (χ1n) is 11.5. The third-order valence-electron chi connectivity index (χ3n) is 5.44. The minimum atomic E-state index is -1.40. The number of esters is 4. The summed E-state index contributed by atoms with van der Waals surface area (Å²) < 4.78 is 27.7. The van der Waals surface area contributed by atoms with Crippen LogP contribution in [0, 0.1) is 0 Å². The van der Waals surface area contributed by atoms with Crippen molar-refractivity contribution in [2.75, 3.05) is 6.61 Å². The van der Waals surface area contributed by atoms with Crippen LogP contribution in [0.25, 0.3) is 0 Å². The number of hydrogen-bond donors (Lipinski definition) is 0. The van der Waals surface area contributed by atoms with Crippen LogP contribution < -0.4 is 0 Å². The maximum Gasteiger partial charge on any atom is 0.338 e. The molecule has 1 fully saturated rings. The minimum absolute atomic E-state index is 0.233. The molecule has 0 aliphatic carbocycles. The van der Waals surface area contributed by atoms with Crippen LogP contribution in [0.1, 0.15) is 38.0 Å². The molecule has 4 atom stereocenters. The zero-order valence-corrected chi connectivity index (χ0v) is 19.9. The van der Waals surface area contributed by atoms with Crippen molar-refractivity contribution in [3.05, 3.63) is 108 Å². The van der Waals surface area contributed by atoms with Crippen LogP contribution in [0.4, 0.5) is 0 Å². The largest absolute Gasteiger partial charge is 0.459 e. The second-order valence-electron chi connectivity index (χ2n) is 8.09. The molecule has 3 aromatic carbocycles. The van der Waals surface area contributed by atoms with Gasteiger partial charge in [-0.15, -0.1) is 0 Å². The van der Waals surface area contributed by atoms with Gasteiger partial charge in [0, 0.05) is 6.92 Å². The Hall–Kier alpha value is -4.50. The standard InChI is InChI=1S/C28H24O9/c1-18(29)34-28-24(37-27(32)21-15-9-4-10-16-21)23(36-26(31)20-13-7-3-8-14-20)22(35-28)17-33-25(30)19-11-5-2-6-12-19/h2-16,22-24,28H,17H2,1H3/t22-,23-,24+,28?/m1/s1. The lowest BCUT2D eigenvalue weighted by Gasteiger charge is -2.24. The van der Waals surface area contributed by atoms with Gasteiger partial charge >= 0.3 is 23.9 Å². The summed E-state index contributed by atoms with van der Waals surface area (Å²) in [4.78, 5) is 50.0. The smallest absolute Gasteiger partial charge is 0.338 e. The molecule has 0 spiro atoms. The Kier molecular flexibility index (Phi) is 8.27. The summed E-state index contributed by atoms with van der Waals surface area (Å²) in [6.07, 6.45) is -5.09. The number of rotatable bonds is 8. The maximum atomic E-state index is 12.9. The topological polar surface area (TPSA) is 114 Å². The van der Waals surface area contributed by atoms with Gasteiger partial charge in [-0.05, 0) is 36.4 Å². The quantitative estimate of drug-likeness (QED) is 0.335. The van der Waals surface area contributed by atoms with Gasteiger partial charge in [-0.2, -0.15) is 0 Å². The summed E-state index contributed by atoms with van der Waals surface area (Å²) in [5, 5.41) is 0. The third-order valence-corrected chi connectivity index (χ3v) is 5.44. The van der Waals surface area contributed by atoms with Crippen molar-refractivity contribution in [3.8, 4) is 0 Å². The molecule has 0 amide bonds. The molecule has 1 aliphatic rings. The van der Waals surface area contributed by atoms with Gasteiger partial charge in [-0.3, -0.25) is 4.79 Å². The predicted molar refractivity (Wildman–Crippen MR) is 128 cm³/mol. The molecule has 37 heavy (non-hydrogen) atoms. The Labute approximate surface area is 212 Å². The molecule has 0 saturated carbocycles. The molecule has 1 unspecified atom stereocenters. The Morgan fingerprint density at radius 3 is 1.51 bits per heavy atom. The highest BCUT2D eigenvalue weighted by molar-refractivity contribution is 5.91. The molecular formula is C28H24O9. The SMILES string of the molecule is CC(=O)OC1O[C@H](COC(=O)c2ccccc2)[C@@H](OC(=O)c2ccccc2)[C@@H]1OC(=O)c1ccccc1. The minimum Gasteiger partial charge on any atom is -0.459 e. The first-order valence-corrected chi connectivity index (χ1v) is 11.5. The van der Waals surface area contributed by atoms with Gasteiger partial charge in [0.15, 0.2) is 6.10 Å². The summed E-state index contributed by atoms with van der Waals surface area (Å²) >= 11 is 0. The Morgan fingerprint density at radius 2 is 1.05 bits per heavy atom. The van der Waals surface area contributed by atoms with Crippen molar-refractivity contribution in [1.29, 1.82) is 0 Å². The lowest BCUT2D eigenvalue weighted by Crippen LogP contribution is -2.42. The first kappa shape index (κ1) is 25.6. The Morgan fingerprint density at radius 1 is 0.622 bits per heavy atom. The van der Waals surface area contributed by atoms with Crippen molar-refractivity contribution >= 4 is 23.9 Å². The second kappa shape index (κ2) is 12.0. The molecule has 0 aromatic heterocycles. The molecule has 1 heterocycles. The number of carbonyl (C=O) groups excluding carboxylic acids is 4. The molecule has 3 aromatic rings. The molecular weight excluding hydrogens is 480 g/mol. The fourth-order valence-electron chi connectivity index (χ4n) is 3.70. The van der Waals surface area contributed by atoms with Crippen molar-refractivity contribution in [3.63, 3.8) is 0 Å². The summed E-state index contributed by atoms with van der Waals surface area (Å²) in [6, 6.07) is 24.6.